The minimum Gasteiger partial charge on any atom is -0.493 e. The molecule has 2 aromatic carbocycles. The van der Waals surface area contributed by atoms with Crippen molar-refractivity contribution >= 4 is 5.91 Å². The number of carbonyl (C=O) groups is 1. The van der Waals surface area contributed by atoms with E-state index in [0.29, 0.717) is 55.5 Å². The van der Waals surface area contributed by atoms with Gasteiger partial charge in [0.1, 0.15) is 24.2 Å². The number of aryl methyl sites for hydroxylation is 2. The quantitative estimate of drug-likeness (QED) is 0.495. The molecule has 172 valence electrons. The molecule has 1 aliphatic rings. The normalized spacial score (nSPS) is 13.3. The lowest BCUT2D eigenvalue weighted by atomic mass is 10.1. The fourth-order valence-corrected chi connectivity index (χ4v) is 3.69. The van der Waals surface area contributed by atoms with Crippen LogP contribution in [0.15, 0.2) is 69.9 Å². The van der Waals surface area contributed by atoms with Gasteiger partial charge in [-0.2, -0.15) is 0 Å². The van der Waals surface area contributed by atoms with Gasteiger partial charge in [-0.25, -0.2) is 4.79 Å². The fraction of sp³-hybridized carbons (Fsp3) is 0.308. The zero-order valence-electron chi connectivity index (χ0n) is 18.8. The Labute approximate surface area is 192 Å². The van der Waals surface area contributed by atoms with Crippen molar-refractivity contribution in [2.45, 2.75) is 32.5 Å². The summed E-state index contributed by atoms with van der Waals surface area (Å²) in [5.41, 5.74) is 1.64. The fourth-order valence-electron chi connectivity index (χ4n) is 3.69. The molecule has 0 bridgehead atoms. The van der Waals surface area contributed by atoms with Crippen LogP contribution in [-0.2, 0) is 17.8 Å². The van der Waals surface area contributed by atoms with Crippen molar-refractivity contribution in [3.05, 3.63) is 88.0 Å². The van der Waals surface area contributed by atoms with Crippen LogP contribution in [0.5, 0.6) is 17.2 Å². The van der Waals surface area contributed by atoms with E-state index in [9.17, 15) is 9.59 Å². The molecule has 1 fully saturated rings. The number of hydrogen-bond acceptors (Lipinski definition) is 6. The summed E-state index contributed by atoms with van der Waals surface area (Å²) in [5.74, 6) is 2.36. The number of benzene rings is 2. The Morgan fingerprint density at radius 3 is 2.55 bits per heavy atom. The lowest BCUT2D eigenvalue weighted by Gasteiger charge is -2.39. The maximum absolute atomic E-state index is 12.6. The molecular formula is C26H27NO6. The Hall–Kier alpha value is -3.74. The van der Waals surface area contributed by atoms with Crippen LogP contribution < -0.4 is 19.8 Å². The van der Waals surface area contributed by atoms with Crippen molar-refractivity contribution in [1.82, 2.24) is 4.90 Å². The number of amides is 1. The van der Waals surface area contributed by atoms with Crippen LogP contribution in [0.1, 0.15) is 23.3 Å². The van der Waals surface area contributed by atoms with E-state index in [0.717, 1.165) is 11.1 Å². The lowest BCUT2D eigenvalue weighted by molar-refractivity contribution is -0.139. The summed E-state index contributed by atoms with van der Waals surface area (Å²) in [7, 11) is 1.61. The van der Waals surface area contributed by atoms with Crippen molar-refractivity contribution in [2.75, 3.05) is 20.2 Å². The third kappa shape index (κ3) is 5.94. The highest BCUT2D eigenvalue weighted by Gasteiger charge is 2.32. The molecule has 0 aliphatic carbocycles. The van der Waals surface area contributed by atoms with Gasteiger partial charge in [-0.1, -0.05) is 36.4 Å². The second-order valence-electron chi connectivity index (χ2n) is 8.02. The standard InChI is InChI=1S/C26H27NO6/c1-18-12-21(14-26(29)32-18)33-22-15-27(16-22)25(28)11-9-19-8-10-23(30-2)24(13-19)31-17-20-6-4-3-5-7-20/h3-8,10,12-14,22H,9,11,15-17H2,1-2H3. The highest BCUT2D eigenvalue weighted by atomic mass is 16.5. The van der Waals surface area contributed by atoms with Gasteiger partial charge in [0.2, 0.25) is 5.91 Å². The van der Waals surface area contributed by atoms with Crippen LogP contribution in [0.2, 0.25) is 0 Å². The molecule has 1 aromatic heterocycles. The van der Waals surface area contributed by atoms with Crippen molar-refractivity contribution in [2.24, 2.45) is 0 Å². The third-order valence-electron chi connectivity index (χ3n) is 5.46. The summed E-state index contributed by atoms with van der Waals surface area (Å²) < 4.78 is 22.1. The third-order valence-corrected chi connectivity index (χ3v) is 5.46. The predicted octanol–water partition coefficient (Wildman–Crippen LogP) is 3.76. The van der Waals surface area contributed by atoms with Crippen LogP contribution in [0.3, 0.4) is 0 Å². The van der Waals surface area contributed by atoms with Gasteiger partial charge in [-0.15, -0.1) is 0 Å². The van der Waals surface area contributed by atoms with Gasteiger partial charge in [-0.3, -0.25) is 4.79 Å². The van der Waals surface area contributed by atoms with Gasteiger partial charge in [0.15, 0.2) is 11.5 Å². The average molecular weight is 450 g/mol. The summed E-state index contributed by atoms with van der Waals surface area (Å²) in [6.45, 7) is 3.15. The molecule has 33 heavy (non-hydrogen) atoms. The Balaban J connectivity index is 1.27. The van der Waals surface area contributed by atoms with Crippen LogP contribution in [0, 0.1) is 6.92 Å². The van der Waals surface area contributed by atoms with Gasteiger partial charge < -0.3 is 23.5 Å². The summed E-state index contributed by atoms with van der Waals surface area (Å²) in [4.78, 5) is 25.8. The van der Waals surface area contributed by atoms with Crippen LogP contribution in [0.4, 0.5) is 0 Å². The van der Waals surface area contributed by atoms with E-state index in [1.54, 1.807) is 25.0 Å². The Morgan fingerprint density at radius 1 is 1.03 bits per heavy atom. The molecule has 7 heteroatoms. The molecule has 0 spiro atoms. The number of carbonyl (C=O) groups excluding carboxylic acids is 1. The summed E-state index contributed by atoms with van der Waals surface area (Å²) in [5, 5.41) is 0. The van der Waals surface area contributed by atoms with E-state index in [1.807, 2.05) is 48.5 Å². The van der Waals surface area contributed by atoms with E-state index < -0.39 is 5.63 Å². The number of likely N-dealkylation sites (tertiary alicyclic amines) is 1. The van der Waals surface area contributed by atoms with E-state index in [1.165, 1.54) is 6.07 Å². The molecule has 0 saturated carbocycles. The van der Waals surface area contributed by atoms with Crippen molar-refractivity contribution in [3.8, 4) is 17.2 Å². The zero-order chi connectivity index (χ0) is 23.2. The number of methoxy groups -OCH3 is 1. The smallest absolute Gasteiger partial charge is 0.339 e. The molecule has 0 radical (unpaired) electrons. The van der Waals surface area contributed by atoms with Gasteiger partial charge in [0.05, 0.1) is 26.3 Å². The van der Waals surface area contributed by atoms with Crippen molar-refractivity contribution < 1.29 is 23.4 Å². The molecule has 1 amide bonds. The summed E-state index contributed by atoms with van der Waals surface area (Å²) in [6, 6.07) is 18.7. The number of rotatable bonds is 9. The Morgan fingerprint density at radius 2 is 1.82 bits per heavy atom. The van der Waals surface area contributed by atoms with Crippen LogP contribution in [0.25, 0.3) is 0 Å². The maximum Gasteiger partial charge on any atom is 0.339 e. The molecule has 0 N–H and O–H groups in total. The second kappa shape index (κ2) is 10.3. The zero-order valence-corrected chi connectivity index (χ0v) is 18.8. The molecule has 0 unspecified atom stereocenters. The first-order chi connectivity index (χ1) is 16.0. The first-order valence-electron chi connectivity index (χ1n) is 10.9. The Bertz CT molecular complexity index is 1150. The van der Waals surface area contributed by atoms with E-state index in [2.05, 4.69) is 0 Å². The molecule has 0 atom stereocenters. The summed E-state index contributed by atoms with van der Waals surface area (Å²) >= 11 is 0. The first kappa shape index (κ1) is 22.5. The van der Waals surface area contributed by atoms with Crippen LogP contribution >= 0.6 is 0 Å². The molecule has 3 aromatic rings. The highest BCUT2D eigenvalue weighted by molar-refractivity contribution is 5.77. The topological polar surface area (TPSA) is 78.2 Å². The SMILES string of the molecule is COc1ccc(CCC(=O)N2CC(Oc3cc(C)oc(=O)c3)C2)cc1OCc1ccccc1. The second-order valence-corrected chi connectivity index (χ2v) is 8.02. The maximum atomic E-state index is 12.6. The number of nitrogens with zero attached hydrogens (tertiary/aromatic N) is 1. The largest absolute Gasteiger partial charge is 0.493 e. The lowest BCUT2D eigenvalue weighted by Crippen LogP contribution is -2.56. The Kier molecular flexibility index (Phi) is 6.98. The molecule has 1 saturated heterocycles. The average Bonchev–Trinajstić information content (AvgIpc) is 2.78. The van der Waals surface area contributed by atoms with Crippen molar-refractivity contribution in [1.29, 1.82) is 0 Å². The van der Waals surface area contributed by atoms with E-state index in [-0.39, 0.29) is 12.0 Å². The van der Waals surface area contributed by atoms with Gasteiger partial charge in [0, 0.05) is 12.5 Å². The van der Waals surface area contributed by atoms with Gasteiger partial charge in [-0.05, 0) is 36.6 Å². The minimum atomic E-state index is -0.441. The molecular weight excluding hydrogens is 422 g/mol. The molecule has 4 rings (SSSR count). The van der Waals surface area contributed by atoms with Gasteiger partial charge in [0.25, 0.3) is 0 Å². The van der Waals surface area contributed by atoms with Gasteiger partial charge >= 0.3 is 5.63 Å². The van der Waals surface area contributed by atoms with Crippen molar-refractivity contribution in [3.63, 3.8) is 0 Å². The minimum absolute atomic E-state index is 0.0705. The first-order valence-corrected chi connectivity index (χ1v) is 10.9. The number of hydrogen-bond donors (Lipinski definition) is 0. The monoisotopic (exact) mass is 449 g/mol. The van der Waals surface area contributed by atoms with Crippen LogP contribution in [-0.4, -0.2) is 37.1 Å². The van der Waals surface area contributed by atoms with E-state index >= 15 is 0 Å². The summed E-state index contributed by atoms with van der Waals surface area (Å²) in [6.07, 6.45) is 0.880. The highest BCUT2D eigenvalue weighted by Crippen LogP contribution is 2.29. The predicted molar refractivity (Wildman–Crippen MR) is 123 cm³/mol. The van der Waals surface area contributed by atoms with E-state index in [4.69, 9.17) is 18.6 Å². The number of ether oxygens (including phenoxy) is 3. The molecule has 1 aliphatic heterocycles. The molecule has 2 heterocycles. The molecule has 7 nitrogen and oxygen atoms in total.